The highest BCUT2D eigenvalue weighted by atomic mass is 79.9. The van der Waals surface area contributed by atoms with Crippen LogP contribution in [0.4, 0.5) is 0 Å². The van der Waals surface area contributed by atoms with E-state index in [2.05, 4.69) is 23.3 Å². The third-order valence-corrected chi connectivity index (χ3v) is 4.44. The van der Waals surface area contributed by atoms with E-state index in [9.17, 15) is 0 Å². The molecule has 2 rings (SSSR count). The minimum atomic E-state index is 0. The second kappa shape index (κ2) is 8.19. The number of nitrogens with zero attached hydrogens (tertiary/aromatic N) is 2. The highest BCUT2D eigenvalue weighted by Crippen LogP contribution is 2.19. The van der Waals surface area contributed by atoms with Gasteiger partial charge in [0.15, 0.2) is 0 Å². The highest BCUT2D eigenvalue weighted by Gasteiger charge is 2.32. The molecule has 0 bridgehead atoms. The first-order valence-corrected chi connectivity index (χ1v) is 7.70. The Bertz CT molecular complexity index is 276. The number of hydrogen-bond donors (Lipinski definition) is 0. The molecule has 2 aliphatic rings. The largest absolute Gasteiger partial charge is 1.00 e. The van der Waals surface area contributed by atoms with Gasteiger partial charge in [-0.15, -0.1) is 0 Å². The lowest BCUT2D eigenvalue weighted by molar-refractivity contribution is -0.545. The van der Waals surface area contributed by atoms with Crippen molar-refractivity contribution in [2.24, 2.45) is 5.92 Å². The molecule has 0 aromatic heterocycles. The third kappa shape index (κ3) is 3.97. The molecule has 0 aliphatic carbocycles. The predicted octanol–water partition coefficient (Wildman–Crippen LogP) is 0.117. The van der Waals surface area contributed by atoms with Crippen LogP contribution in [0.2, 0.25) is 0 Å². The van der Waals surface area contributed by atoms with Crippen LogP contribution in [0.3, 0.4) is 0 Å². The Balaban J connectivity index is 0.00000162. The van der Waals surface area contributed by atoms with Crippen molar-refractivity contribution >= 4 is 5.84 Å². The number of hydrogen-bond acceptors (Lipinski definition) is 1. The molecule has 0 aromatic rings. The van der Waals surface area contributed by atoms with Crippen molar-refractivity contribution < 1.29 is 21.6 Å². The van der Waals surface area contributed by atoms with Crippen LogP contribution in [-0.2, 0) is 0 Å². The van der Waals surface area contributed by atoms with Crippen molar-refractivity contribution in [1.82, 2.24) is 4.90 Å². The fourth-order valence-corrected chi connectivity index (χ4v) is 3.32. The molecule has 1 saturated heterocycles. The zero-order chi connectivity index (χ0) is 12.1. The maximum Gasteiger partial charge on any atom is 0.246 e. The number of halogens is 1. The molecule has 0 spiro atoms. The quantitative estimate of drug-likeness (QED) is 0.631. The van der Waals surface area contributed by atoms with Crippen LogP contribution in [-0.4, -0.2) is 41.5 Å². The van der Waals surface area contributed by atoms with E-state index in [1.165, 1.54) is 71.1 Å². The van der Waals surface area contributed by atoms with Crippen molar-refractivity contribution in [2.75, 3.05) is 26.2 Å². The van der Waals surface area contributed by atoms with Crippen molar-refractivity contribution in [1.29, 1.82) is 0 Å². The molecule has 0 radical (unpaired) electrons. The number of fused-ring (bicyclic) bond motifs is 1. The number of amidine groups is 1. The van der Waals surface area contributed by atoms with Gasteiger partial charge in [-0.05, 0) is 25.2 Å². The summed E-state index contributed by atoms with van der Waals surface area (Å²) in [4.78, 5) is 2.63. The molecule has 0 saturated carbocycles. The van der Waals surface area contributed by atoms with Gasteiger partial charge in [0, 0.05) is 6.42 Å². The van der Waals surface area contributed by atoms with Crippen LogP contribution in [0.1, 0.15) is 58.8 Å². The fourth-order valence-electron chi connectivity index (χ4n) is 3.32. The molecule has 106 valence electrons. The zero-order valence-corrected chi connectivity index (χ0v) is 13.7. The minimum absolute atomic E-state index is 0. The Morgan fingerprint density at radius 2 is 2.00 bits per heavy atom. The van der Waals surface area contributed by atoms with Crippen LogP contribution in [0, 0.1) is 5.92 Å². The van der Waals surface area contributed by atoms with Gasteiger partial charge in [-0.2, -0.15) is 0 Å². The van der Waals surface area contributed by atoms with Gasteiger partial charge in [0.2, 0.25) is 5.84 Å². The number of rotatable bonds is 6. The van der Waals surface area contributed by atoms with E-state index in [4.69, 9.17) is 0 Å². The standard InChI is InChI=1S/C15H29N2.BrH/c1-3-5-8-14(4-2)13-17-12-7-11-16-10-6-9-15(16)17;/h14H,3-13H2,1-2H3;1H/q+1;/p-1. The zero-order valence-electron chi connectivity index (χ0n) is 12.1. The Kier molecular flexibility index (Phi) is 7.28. The van der Waals surface area contributed by atoms with E-state index in [0.29, 0.717) is 0 Å². The summed E-state index contributed by atoms with van der Waals surface area (Å²) in [6.07, 6.45) is 9.63. The summed E-state index contributed by atoms with van der Waals surface area (Å²) in [7, 11) is 0. The summed E-state index contributed by atoms with van der Waals surface area (Å²) < 4.78 is 2.71. The first-order valence-electron chi connectivity index (χ1n) is 7.70. The van der Waals surface area contributed by atoms with E-state index < -0.39 is 0 Å². The average molecular weight is 317 g/mol. The molecule has 1 atom stereocenters. The lowest BCUT2D eigenvalue weighted by Crippen LogP contribution is -3.00. The molecule has 0 N–H and O–H groups in total. The van der Waals surface area contributed by atoms with E-state index in [1.807, 2.05) is 0 Å². The average Bonchev–Trinajstić information content (AvgIpc) is 2.83. The lowest BCUT2D eigenvalue weighted by atomic mass is 9.99. The second-order valence-corrected chi connectivity index (χ2v) is 5.72. The van der Waals surface area contributed by atoms with Crippen LogP contribution >= 0.6 is 0 Å². The van der Waals surface area contributed by atoms with Crippen molar-refractivity contribution in [3.8, 4) is 0 Å². The van der Waals surface area contributed by atoms with Gasteiger partial charge in [-0.1, -0.05) is 26.7 Å². The summed E-state index contributed by atoms with van der Waals surface area (Å²) in [5.41, 5.74) is 0. The Hall–Kier alpha value is -0.0500. The van der Waals surface area contributed by atoms with Crippen molar-refractivity contribution in [3.63, 3.8) is 0 Å². The maximum atomic E-state index is 2.71. The van der Waals surface area contributed by atoms with Crippen molar-refractivity contribution in [2.45, 2.75) is 58.8 Å². The topological polar surface area (TPSA) is 6.25 Å². The first-order chi connectivity index (χ1) is 8.35. The van der Waals surface area contributed by atoms with Gasteiger partial charge < -0.3 is 17.0 Å². The Labute approximate surface area is 123 Å². The van der Waals surface area contributed by atoms with Gasteiger partial charge in [-0.3, -0.25) is 9.48 Å². The Morgan fingerprint density at radius 3 is 2.72 bits per heavy atom. The van der Waals surface area contributed by atoms with Crippen LogP contribution in [0.15, 0.2) is 0 Å². The summed E-state index contributed by atoms with van der Waals surface area (Å²) in [6, 6.07) is 0. The van der Waals surface area contributed by atoms with E-state index >= 15 is 0 Å². The first kappa shape index (κ1) is 16.0. The molecular weight excluding hydrogens is 288 g/mol. The monoisotopic (exact) mass is 316 g/mol. The minimum Gasteiger partial charge on any atom is -1.00 e. The maximum absolute atomic E-state index is 2.71. The molecule has 1 unspecified atom stereocenters. The summed E-state index contributed by atoms with van der Waals surface area (Å²) in [5, 5.41) is 0. The normalized spacial score (nSPS) is 20.7. The summed E-state index contributed by atoms with van der Waals surface area (Å²) in [6.45, 7) is 9.94. The van der Waals surface area contributed by atoms with Crippen LogP contribution < -0.4 is 17.0 Å². The van der Waals surface area contributed by atoms with Gasteiger partial charge in [0.1, 0.15) is 0 Å². The molecule has 2 aliphatic heterocycles. The molecule has 2 nitrogen and oxygen atoms in total. The summed E-state index contributed by atoms with van der Waals surface area (Å²) >= 11 is 0. The molecule has 0 amide bonds. The van der Waals surface area contributed by atoms with E-state index in [0.717, 1.165) is 5.92 Å². The third-order valence-electron chi connectivity index (χ3n) is 4.44. The molecule has 2 heterocycles. The van der Waals surface area contributed by atoms with Crippen LogP contribution in [0.5, 0.6) is 0 Å². The van der Waals surface area contributed by atoms with Gasteiger partial charge >= 0.3 is 0 Å². The van der Waals surface area contributed by atoms with Crippen LogP contribution in [0.25, 0.3) is 0 Å². The fraction of sp³-hybridized carbons (Fsp3) is 0.933. The molecule has 18 heavy (non-hydrogen) atoms. The second-order valence-electron chi connectivity index (χ2n) is 5.72. The highest BCUT2D eigenvalue weighted by molar-refractivity contribution is 5.79. The predicted molar refractivity (Wildman–Crippen MR) is 73.7 cm³/mol. The molecule has 0 aromatic carbocycles. The van der Waals surface area contributed by atoms with Gasteiger partial charge in [0.25, 0.3) is 0 Å². The van der Waals surface area contributed by atoms with E-state index in [-0.39, 0.29) is 17.0 Å². The number of unbranched alkanes of at least 4 members (excludes halogenated alkanes) is 1. The molecule has 3 heteroatoms. The smallest absolute Gasteiger partial charge is 0.246 e. The molecular formula is C15H29BrN2. The van der Waals surface area contributed by atoms with Crippen molar-refractivity contribution in [3.05, 3.63) is 0 Å². The van der Waals surface area contributed by atoms with E-state index in [1.54, 1.807) is 5.84 Å². The van der Waals surface area contributed by atoms with Gasteiger partial charge in [0.05, 0.1) is 32.6 Å². The SMILES string of the molecule is CCCCC(CC)C[N+]1=C2CCCN2CCC1.[Br-]. The lowest BCUT2D eigenvalue weighted by Gasteiger charge is -2.24. The summed E-state index contributed by atoms with van der Waals surface area (Å²) in [5.74, 6) is 2.59. The molecule has 1 fully saturated rings. The Morgan fingerprint density at radius 1 is 1.22 bits per heavy atom. The van der Waals surface area contributed by atoms with Gasteiger partial charge in [-0.25, -0.2) is 0 Å².